The van der Waals surface area contributed by atoms with E-state index < -0.39 is 0 Å². The minimum atomic E-state index is 0.0268. The third-order valence-electron chi connectivity index (χ3n) is 4.13. The topological polar surface area (TPSA) is 33.1 Å². The summed E-state index contributed by atoms with van der Waals surface area (Å²) in [6.45, 7) is 6.45. The van der Waals surface area contributed by atoms with Crippen LogP contribution in [0.4, 0.5) is 0 Å². The lowest BCUT2D eigenvalue weighted by Gasteiger charge is -2.18. The van der Waals surface area contributed by atoms with Crippen LogP contribution in [0.1, 0.15) is 56.1 Å². The number of rotatable bonds is 7. The predicted molar refractivity (Wildman–Crippen MR) is 98.3 cm³/mol. The molecular weight excluding hydrogens is 282 g/mol. The van der Waals surface area contributed by atoms with Crippen LogP contribution in [-0.4, -0.2) is 10.1 Å². The molecule has 0 aliphatic carbocycles. The molecular formula is C21H27NO. The number of aryl methyl sites for hydroxylation is 2. The molecule has 1 aromatic carbocycles. The molecule has 0 bridgehead atoms. The number of aromatic nitrogens is 1. The van der Waals surface area contributed by atoms with Gasteiger partial charge in [-0.15, -0.1) is 0 Å². The van der Waals surface area contributed by atoms with E-state index in [4.69, 9.17) is 4.98 Å². The molecule has 0 saturated carbocycles. The lowest BCUT2D eigenvalue weighted by molar-refractivity contribution is 0.280. The van der Waals surface area contributed by atoms with Crippen LogP contribution >= 0.6 is 0 Å². The van der Waals surface area contributed by atoms with Crippen molar-refractivity contribution >= 4 is 6.08 Å². The lowest BCUT2D eigenvalue weighted by atomic mass is 9.91. The van der Waals surface area contributed by atoms with E-state index in [0.717, 1.165) is 59.3 Å². The third-order valence-corrected chi connectivity index (χ3v) is 4.13. The van der Waals surface area contributed by atoms with E-state index >= 15 is 0 Å². The van der Waals surface area contributed by atoms with Crippen molar-refractivity contribution in [2.45, 2.75) is 53.1 Å². The van der Waals surface area contributed by atoms with Crippen LogP contribution in [0.5, 0.6) is 0 Å². The Morgan fingerprint density at radius 1 is 1.00 bits per heavy atom. The third kappa shape index (κ3) is 3.89. The minimum absolute atomic E-state index is 0.0268. The van der Waals surface area contributed by atoms with Crippen LogP contribution in [0.25, 0.3) is 17.2 Å². The van der Waals surface area contributed by atoms with Crippen LogP contribution in [-0.2, 0) is 19.4 Å². The second-order valence-corrected chi connectivity index (χ2v) is 5.69. The van der Waals surface area contributed by atoms with Crippen molar-refractivity contribution in [1.29, 1.82) is 0 Å². The second-order valence-electron chi connectivity index (χ2n) is 5.69. The average molecular weight is 309 g/mol. The summed E-state index contributed by atoms with van der Waals surface area (Å²) < 4.78 is 0. The molecule has 0 fully saturated rings. The molecule has 0 unspecified atom stereocenters. The number of nitrogens with zero attached hydrogens (tertiary/aromatic N) is 1. The van der Waals surface area contributed by atoms with Crippen LogP contribution in [0.15, 0.2) is 36.4 Å². The van der Waals surface area contributed by atoms with Crippen molar-refractivity contribution in [3.8, 4) is 11.1 Å². The van der Waals surface area contributed by atoms with Gasteiger partial charge in [0.15, 0.2) is 0 Å². The Balaban J connectivity index is 2.75. The summed E-state index contributed by atoms with van der Waals surface area (Å²) in [5.74, 6) is 0. The molecule has 122 valence electrons. The molecule has 23 heavy (non-hydrogen) atoms. The first kappa shape index (κ1) is 17.4. The summed E-state index contributed by atoms with van der Waals surface area (Å²) in [6, 6.07) is 10.4. The number of benzene rings is 1. The van der Waals surface area contributed by atoms with E-state index in [9.17, 15) is 5.11 Å². The maximum atomic E-state index is 9.99. The van der Waals surface area contributed by atoms with Crippen molar-refractivity contribution < 1.29 is 5.11 Å². The Hall–Kier alpha value is -1.93. The first-order chi connectivity index (χ1) is 11.3. The summed E-state index contributed by atoms with van der Waals surface area (Å²) >= 11 is 0. The second kappa shape index (κ2) is 8.64. The quantitative estimate of drug-likeness (QED) is 0.764. The molecule has 0 atom stereocenters. The molecule has 0 amide bonds. The normalized spacial score (nSPS) is 11.3. The van der Waals surface area contributed by atoms with Gasteiger partial charge >= 0.3 is 0 Å². The zero-order valence-electron chi connectivity index (χ0n) is 14.5. The van der Waals surface area contributed by atoms with E-state index in [1.54, 1.807) is 0 Å². The Bertz CT molecular complexity index is 659. The molecule has 2 aromatic rings. The molecule has 0 aliphatic rings. The molecule has 1 aromatic heterocycles. The molecule has 1 N–H and O–H groups in total. The summed E-state index contributed by atoms with van der Waals surface area (Å²) in [6.07, 6.45) is 8.32. The largest absolute Gasteiger partial charge is 0.392 e. The Labute approximate surface area is 139 Å². The first-order valence-electron chi connectivity index (χ1n) is 8.64. The van der Waals surface area contributed by atoms with Crippen molar-refractivity contribution in [3.63, 3.8) is 0 Å². The van der Waals surface area contributed by atoms with E-state index in [0.29, 0.717) is 0 Å². The number of aliphatic hydroxyl groups is 1. The van der Waals surface area contributed by atoms with Gasteiger partial charge in [-0.3, -0.25) is 4.98 Å². The zero-order valence-corrected chi connectivity index (χ0v) is 14.5. The molecule has 1 heterocycles. The molecule has 0 saturated heterocycles. The molecule has 0 spiro atoms. The Morgan fingerprint density at radius 3 is 2.26 bits per heavy atom. The zero-order chi connectivity index (χ0) is 16.7. The van der Waals surface area contributed by atoms with Gasteiger partial charge in [0.05, 0.1) is 6.61 Å². The van der Waals surface area contributed by atoms with Crippen molar-refractivity contribution in [2.24, 2.45) is 0 Å². The van der Waals surface area contributed by atoms with Gasteiger partial charge < -0.3 is 5.11 Å². The highest BCUT2D eigenvalue weighted by molar-refractivity contribution is 5.79. The van der Waals surface area contributed by atoms with E-state index in [2.05, 4.69) is 45.1 Å². The van der Waals surface area contributed by atoms with Crippen LogP contribution in [0.2, 0.25) is 0 Å². The van der Waals surface area contributed by atoms with E-state index in [-0.39, 0.29) is 6.61 Å². The van der Waals surface area contributed by atoms with Crippen molar-refractivity contribution in [2.75, 3.05) is 0 Å². The average Bonchev–Trinajstić information content (AvgIpc) is 2.61. The monoisotopic (exact) mass is 309 g/mol. The summed E-state index contributed by atoms with van der Waals surface area (Å²) in [7, 11) is 0. The number of unbranched alkanes of at least 4 members (excludes halogenated alkanes) is 1. The fourth-order valence-electron chi connectivity index (χ4n) is 2.96. The summed E-state index contributed by atoms with van der Waals surface area (Å²) in [5, 5.41) is 9.99. The van der Waals surface area contributed by atoms with Crippen LogP contribution in [0.3, 0.4) is 0 Å². The Morgan fingerprint density at radius 2 is 1.70 bits per heavy atom. The fourth-order valence-corrected chi connectivity index (χ4v) is 2.96. The van der Waals surface area contributed by atoms with Gasteiger partial charge in [-0.05, 0) is 30.4 Å². The van der Waals surface area contributed by atoms with Gasteiger partial charge in [-0.25, -0.2) is 0 Å². The number of pyridine rings is 1. The van der Waals surface area contributed by atoms with Crippen molar-refractivity contribution in [1.82, 2.24) is 4.98 Å². The van der Waals surface area contributed by atoms with Crippen LogP contribution in [0, 0.1) is 0 Å². The lowest BCUT2D eigenvalue weighted by Crippen LogP contribution is -2.07. The van der Waals surface area contributed by atoms with Crippen molar-refractivity contribution in [3.05, 3.63) is 58.9 Å². The summed E-state index contributed by atoms with van der Waals surface area (Å²) in [4.78, 5) is 4.83. The van der Waals surface area contributed by atoms with Gasteiger partial charge in [0.25, 0.3) is 0 Å². The molecule has 0 radical (unpaired) electrons. The molecule has 0 aliphatic heterocycles. The molecule has 2 rings (SSSR count). The first-order valence-corrected chi connectivity index (χ1v) is 8.64. The SMILES string of the molecule is CCCC=Cc1c(CC)nc(CC)c(CO)c1-c1ccccc1. The maximum Gasteiger partial charge on any atom is 0.0705 e. The smallest absolute Gasteiger partial charge is 0.0705 e. The molecule has 2 heteroatoms. The van der Waals surface area contributed by atoms with Gasteiger partial charge in [0, 0.05) is 22.5 Å². The highest BCUT2D eigenvalue weighted by Gasteiger charge is 2.17. The summed E-state index contributed by atoms with van der Waals surface area (Å²) in [5.41, 5.74) is 6.55. The van der Waals surface area contributed by atoms with E-state index in [1.165, 1.54) is 0 Å². The van der Waals surface area contributed by atoms with Gasteiger partial charge in [-0.1, -0.05) is 69.7 Å². The number of hydrogen-bond donors (Lipinski definition) is 1. The standard InChI is InChI=1S/C21H27NO/c1-4-7-9-14-17-19(5-2)22-20(6-3)18(15-23)21(17)16-12-10-8-11-13-16/h8-14,23H,4-7,15H2,1-3H3. The predicted octanol–water partition coefficient (Wildman–Crippen LogP) is 5.18. The number of aliphatic hydroxyl groups excluding tert-OH is 1. The molecule has 2 nitrogen and oxygen atoms in total. The Kier molecular flexibility index (Phi) is 6.54. The van der Waals surface area contributed by atoms with Gasteiger partial charge in [0.1, 0.15) is 0 Å². The maximum absolute atomic E-state index is 9.99. The number of allylic oxidation sites excluding steroid dienone is 1. The highest BCUT2D eigenvalue weighted by atomic mass is 16.3. The van der Waals surface area contributed by atoms with E-state index in [1.807, 2.05) is 18.2 Å². The fraction of sp³-hybridized carbons (Fsp3) is 0.381. The number of hydrogen-bond acceptors (Lipinski definition) is 2. The van der Waals surface area contributed by atoms with Gasteiger partial charge in [0.2, 0.25) is 0 Å². The highest BCUT2D eigenvalue weighted by Crippen LogP contribution is 2.33. The minimum Gasteiger partial charge on any atom is -0.392 e. The van der Waals surface area contributed by atoms with Crippen LogP contribution < -0.4 is 0 Å². The van der Waals surface area contributed by atoms with Gasteiger partial charge in [-0.2, -0.15) is 0 Å².